The highest BCUT2D eigenvalue weighted by Gasteiger charge is 2.34. The fourth-order valence-corrected chi connectivity index (χ4v) is 6.24. The summed E-state index contributed by atoms with van der Waals surface area (Å²) in [5.74, 6) is -0.276. The maximum Gasteiger partial charge on any atom is 0.264 e. The monoisotopic (exact) mass is 599 g/mol. The fraction of sp³-hybridized carbons (Fsp3) is 0.235. The van der Waals surface area contributed by atoms with Gasteiger partial charge in [-0.1, -0.05) is 66.7 Å². The Balaban J connectivity index is 1.80. The van der Waals surface area contributed by atoms with Crippen molar-refractivity contribution >= 4 is 27.5 Å². The Morgan fingerprint density at radius 1 is 0.814 bits per heavy atom. The number of sulfonamides is 1. The van der Waals surface area contributed by atoms with Gasteiger partial charge in [0, 0.05) is 20.0 Å². The van der Waals surface area contributed by atoms with Crippen LogP contribution >= 0.6 is 0 Å². The SMILES string of the molecule is CNC(=O)[C@H](Cc1ccccc1)N(Cc1cccc(OC)c1)C(=O)CN(c1ccc(C)c(C)c1)S(=O)(=O)c1ccccc1. The van der Waals surface area contributed by atoms with Crippen LogP contribution in [0.4, 0.5) is 5.69 Å². The zero-order chi connectivity index (χ0) is 31.0. The van der Waals surface area contributed by atoms with Crippen LogP contribution in [-0.2, 0) is 32.6 Å². The third kappa shape index (κ3) is 7.61. The molecule has 0 aliphatic rings. The van der Waals surface area contributed by atoms with Gasteiger partial charge in [-0.05, 0) is 72.5 Å². The molecule has 0 aliphatic heterocycles. The average Bonchev–Trinajstić information content (AvgIpc) is 3.03. The van der Waals surface area contributed by atoms with Crippen LogP contribution in [0.3, 0.4) is 0 Å². The first-order valence-electron chi connectivity index (χ1n) is 14.0. The van der Waals surface area contributed by atoms with Gasteiger partial charge in [-0.3, -0.25) is 13.9 Å². The molecule has 0 fully saturated rings. The smallest absolute Gasteiger partial charge is 0.264 e. The number of hydrogen-bond donors (Lipinski definition) is 1. The molecule has 0 bridgehead atoms. The van der Waals surface area contributed by atoms with E-state index in [-0.39, 0.29) is 23.8 Å². The molecule has 1 atom stereocenters. The van der Waals surface area contributed by atoms with E-state index >= 15 is 0 Å². The molecule has 4 aromatic rings. The molecule has 0 radical (unpaired) electrons. The molecule has 8 nitrogen and oxygen atoms in total. The first-order chi connectivity index (χ1) is 20.6. The number of anilines is 1. The molecule has 4 rings (SSSR count). The van der Waals surface area contributed by atoms with E-state index in [2.05, 4.69) is 5.32 Å². The lowest BCUT2D eigenvalue weighted by atomic mass is 10.0. The van der Waals surface area contributed by atoms with Gasteiger partial charge < -0.3 is 15.0 Å². The zero-order valence-electron chi connectivity index (χ0n) is 24.9. The van der Waals surface area contributed by atoms with E-state index in [0.717, 1.165) is 26.6 Å². The van der Waals surface area contributed by atoms with Crippen LogP contribution in [0.2, 0.25) is 0 Å². The summed E-state index contributed by atoms with van der Waals surface area (Å²) in [7, 11) is -1.06. The highest BCUT2D eigenvalue weighted by molar-refractivity contribution is 7.92. The van der Waals surface area contributed by atoms with E-state index in [1.54, 1.807) is 49.6 Å². The van der Waals surface area contributed by atoms with Crippen molar-refractivity contribution in [3.8, 4) is 5.75 Å². The van der Waals surface area contributed by atoms with E-state index in [1.807, 2.05) is 62.4 Å². The second-order valence-corrected chi connectivity index (χ2v) is 12.1. The predicted octanol–water partition coefficient (Wildman–Crippen LogP) is 4.89. The Labute approximate surface area is 254 Å². The number of aryl methyl sites for hydroxylation is 2. The first kappa shape index (κ1) is 31.3. The Bertz CT molecular complexity index is 1660. The third-order valence-corrected chi connectivity index (χ3v) is 9.18. The van der Waals surface area contributed by atoms with Crippen molar-refractivity contribution in [3.05, 3.63) is 125 Å². The summed E-state index contributed by atoms with van der Waals surface area (Å²) in [4.78, 5) is 29.3. The van der Waals surface area contributed by atoms with Gasteiger partial charge in [-0.25, -0.2) is 8.42 Å². The highest BCUT2D eigenvalue weighted by Crippen LogP contribution is 2.27. The van der Waals surface area contributed by atoms with Gasteiger partial charge in [0.2, 0.25) is 11.8 Å². The quantitative estimate of drug-likeness (QED) is 0.250. The molecule has 0 heterocycles. The van der Waals surface area contributed by atoms with Crippen molar-refractivity contribution in [1.82, 2.24) is 10.2 Å². The molecule has 0 aliphatic carbocycles. The minimum Gasteiger partial charge on any atom is -0.497 e. The van der Waals surface area contributed by atoms with Crippen molar-refractivity contribution in [1.29, 1.82) is 0 Å². The summed E-state index contributed by atoms with van der Waals surface area (Å²) >= 11 is 0. The minimum absolute atomic E-state index is 0.0625. The van der Waals surface area contributed by atoms with Crippen LogP contribution < -0.4 is 14.4 Å². The number of likely N-dealkylation sites (N-methyl/N-ethyl adjacent to an activating group) is 1. The summed E-state index contributed by atoms with van der Waals surface area (Å²) in [6.07, 6.45) is 0.241. The summed E-state index contributed by atoms with van der Waals surface area (Å²) in [6.45, 7) is 3.39. The molecule has 0 unspecified atom stereocenters. The average molecular weight is 600 g/mol. The Morgan fingerprint density at radius 2 is 1.47 bits per heavy atom. The molecule has 1 N–H and O–H groups in total. The maximum absolute atomic E-state index is 14.4. The second kappa shape index (κ2) is 14.0. The first-order valence-corrected chi connectivity index (χ1v) is 15.4. The number of ether oxygens (including phenoxy) is 1. The Kier molecular flexibility index (Phi) is 10.2. The minimum atomic E-state index is -4.14. The van der Waals surface area contributed by atoms with Crippen LogP contribution in [0.15, 0.2) is 108 Å². The number of hydrogen-bond acceptors (Lipinski definition) is 5. The Morgan fingerprint density at radius 3 is 2.09 bits per heavy atom. The van der Waals surface area contributed by atoms with E-state index in [0.29, 0.717) is 11.4 Å². The molecule has 4 aromatic carbocycles. The number of carbonyl (C=O) groups excluding carboxylic acids is 2. The number of rotatable bonds is 12. The topological polar surface area (TPSA) is 96.0 Å². The lowest BCUT2D eigenvalue weighted by Crippen LogP contribution is -2.53. The van der Waals surface area contributed by atoms with E-state index in [9.17, 15) is 18.0 Å². The summed E-state index contributed by atoms with van der Waals surface area (Å²) in [6, 6.07) is 29.1. The van der Waals surface area contributed by atoms with E-state index < -0.39 is 28.5 Å². The molecule has 0 saturated heterocycles. The predicted molar refractivity (Wildman–Crippen MR) is 168 cm³/mol. The number of nitrogens with one attached hydrogen (secondary N) is 1. The second-order valence-electron chi connectivity index (χ2n) is 10.3. The fourth-order valence-electron chi connectivity index (χ4n) is 4.82. The maximum atomic E-state index is 14.4. The third-order valence-electron chi connectivity index (χ3n) is 7.39. The summed E-state index contributed by atoms with van der Waals surface area (Å²) < 4.78 is 34.6. The molecular formula is C34H37N3O5S. The molecule has 9 heteroatoms. The summed E-state index contributed by atoms with van der Waals surface area (Å²) in [5, 5.41) is 2.69. The van der Waals surface area contributed by atoms with Gasteiger partial charge in [-0.15, -0.1) is 0 Å². The van der Waals surface area contributed by atoms with Crippen molar-refractivity contribution in [2.75, 3.05) is 25.0 Å². The molecular weight excluding hydrogens is 562 g/mol. The largest absolute Gasteiger partial charge is 0.497 e. The van der Waals surface area contributed by atoms with E-state index in [4.69, 9.17) is 4.74 Å². The zero-order valence-corrected chi connectivity index (χ0v) is 25.7. The molecule has 0 aromatic heterocycles. The number of methoxy groups -OCH3 is 1. The lowest BCUT2D eigenvalue weighted by Gasteiger charge is -2.33. The number of benzene rings is 4. The van der Waals surface area contributed by atoms with Crippen molar-refractivity contribution in [3.63, 3.8) is 0 Å². The number of carbonyl (C=O) groups is 2. The van der Waals surface area contributed by atoms with Crippen LogP contribution in [0.5, 0.6) is 5.75 Å². The van der Waals surface area contributed by atoms with Gasteiger partial charge in [0.1, 0.15) is 18.3 Å². The van der Waals surface area contributed by atoms with Gasteiger partial charge in [0.15, 0.2) is 0 Å². The standard InChI is InChI=1S/C34H37N3O5S/c1-25-18-19-29(20-26(25)2)37(43(40,41)31-16-9-6-10-17-31)24-33(38)36(23-28-14-11-15-30(21-28)42-4)32(34(39)35-3)22-27-12-7-5-8-13-27/h5-21,32H,22-24H2,1-4H3,(H,35,39)/t32-/m0/s1. The highest BCUT2D eigenvalue weighted by atomic mass is 32.2. The molecule has 43 heavy (non-hydrogen) atoms. The number of nitrogens with zero attached hydrogens (tertiary/aromatic N) is 2. The Hall–Kier alpha value is -4.63. The van der Waals surface area contributed by atoms with Crippen LogP contribution in [0.1, 0.15) is 22.3 Å². The number of amides is 2. The molecule has 0 spiro atoms. The van der Waals surface area contributed by atoms with Gasteiger partial charge in [0.25, 0.3) is 10.0 Å². The van der Waals surface area contributed by atoms with Crippen molar-refractivity contribution in [2.24, 2.45) is 0 Å². The van der Waals surface area contributed by atoms with Gasteiger partial charge >= 0.3 is 0 Å². The van der Waals surface area contributed by atoms with Crippen LogP contribution in [0, 0.1) is 13.8 Å². The van der Waals surface area contributed by atoms with Crippen molar-refractivity contribution in [2.45, 2.75) is 37.8 Å². The van der Waals surface area contributed by atoms with Crippen LogP contribution in [-0.4, -0.2) is 51.9 Å². The summed E-state index contributed by atoms with van der Waals surface area (Å²) in [5.41, 5.74) is 3.84. The normalized spacial score (nSPS) is 11.8. The molecule has 224 valence electrons. The van der Waals surface area contributed by atoms with Gasteiger partial charge in [-0.2, -0.15) is 0 Å². The van der Waals surface area contributed by atoms with Crippen LogP contribution in [0.25, 0.3) is 0 Å². The lowest BCUT2D eigenvalue weighted by molar-refractivity contribution is -0.139. The van der Waals surface area contributed by atoms with Crippen molar-refractivity contribution < 1.29 is 22.7 Å². The molecule has 2 amide bonds. The molecule has 0 saturated carbocycles. The van der Waals surface area contributed by atoms with E-state index in [1.165, 1.54) is 24.1 Å². The van der Waals surface area contributed by atoms with Gasteiger partial charge in [0.05, 0.1) is 17.7 Å².